The number of halogens is 1. The largest absolute Gasteiger partial charge is 0.308 e. The first-order chi connectivity index (χ1) is 8.15. The van der Waals surface area contributed by atoms with E-state index in [1.165, 1.54) is 25.4 Å². The molecule has 1 heterocycles. The van der Waals surface area contributed by atoms with Crippen molar-refractivity contribution in [1.29, 1.82) is 0 Å². The van der Waals surface area contributed by atoms with Gasteiger partial charge in [-0.2, -0.15) is 0 Å². The Kier molecular flexibility index (Phi) is 4.37. The van der Waals surface area contributed by atoms with E-state index in [0.29, 0.717) is 0 Å². The fraction of sp³-hybridized carbons (Fsp3) is 0.286. The van der Waals surface area contributed by atoms with Crippen molar-refractivity contribution in [2.24, 2.45) is 0 Å². The number of hydrogen-bond acceptors (Lipinski definition) is 2. The molecule has 1 aromatic carbocycles. The maximum absolute atomic E-state index is 3.48. The van der Waals surface area contributed by atoms with Gasteiger partial charge in [0, 0.05) is 18.0 Å². The lowest BCUT2D eigenvalue weighted by molar-refractivity contribution is 0.698. The minimum atomic E-state index is 0.932. The molecule has 0 aliphatic heterocycles. The van der Waals surface area contributed by atoms with E-state index in [-0.39, 0.29) is 0 Å². The van der Waals surface area contributed by atoms with Crippen LogP contribution in [0.1, 0.15) is 21.6 Å². The second-order valence-electron chi connectivity index (χ2n) is 4.24. The first-order valence-electron chi connectivity index (χ1n) is 5.66. The lowest BCUT2D eigenvalue weighted by Gasteiger charge is -2.07. The van der Waals surface area contributed by atoms with Crippen molar-refractivity contribution >= 4 is 27.3 Å². The van der Waals surface area contributed by atoms with E-state index in [1.807, 2.05) is 0 Å². The average Bonchev–Trinajstić information content (AvgIpc) is 2.68. The van der Waals surface area contributed by atoms with Crippen LogP contribution in [0.4, 0.5) is 0 Å². The van der Waals surface area contributed by atoms with Gasteiger partial charge in [0.2, 0.25) is 0 Å². The molecule has 0 aliphatic rings. The highest BCUT2D eigenvalue weighted by molar-refractivity contribution is 9.11. The topological polar surface area (TPSA) is 12.0 Å². The number of rotatable bonds is 4. The molecule has 1 N–H and O–H groups in total. The second-order valence-corrected chi connectivity index (χ2v) is 6.79. The highest BCUT2D eigenvalue weighted by atomic mass is 79.9. The summed E-state index contributed by atoms with van der Waals surface area (Å²) in [5.41, 5.74) is 4.07. The minimum Gasteiger partial charge on any atom is -0.308 e. The van der Waals surface area contributed by atoms with Gasteiger partial charge in [0.1, 0.15) is 0 Å². The highest BCUT2D eigenvalue weighted by Gasteiger charge is 2.00. The molecule has 0 unspecified atom stereocenters. The zero-order valence-corrected chi connectivity index (χ0v) is 12.5. The molecule has 90 valence electrons. The molecule has 0 bridgehead atoms. The summed E-state index contributed by atoms with van der Waals surface area (Å²) < 4.78 is 1.20. The predicted molar refractivity (Wildman–Crippen MR) is 78.5 cm³/mol. The summed E-state index contributed by atoms with van der Waals surface area (Å²) in [5, 5.41) is 3.48. The molecule has 0 aliphatic carbocycles. The molecule has 17 heavy (non-hydrogen) atoms. The molecule has 2 rings (SSSR count). The lowest BCUT2D eigenvalue weighted by atomic mass is 10.1. The van der Waals surface area contributed by atoms with Gasteiger partial charge in [0.15, 0.2) is 0 Å². The standard InChI is InChI=1S/C14H16BrNS/c1-10-3-4-12(11(2)7-10)8-16-9-13-5-6-14(15)17-13/h3-7,16H,8-9H2,1-2H3. The molecule has 3 heteroatoms. The number of nitrogens with one attached hydrogen (secondary N) is 1. The van der Waals surface area contributed by atoms with Crippen molar-refractivity contribution in [3.8, 4) is 0 Å². The summed E-state index contributed by atoms with van der Waals surface area (Å²) in [5.74, 6) is 0. The normalized spacial score (nSPS) is 10.8. The average molecular weight is 310 g/mol. The fourth-order valence-electron chi connectivity index (χ4n) is 1.81. The van der Waals surface area contributed by atoms with Gasteiger partial charge in [-0.05, 0) is 53.0 Å². The Balaban J connectivity index is 1.90. The lowest BCUT2D eigenvalue weighted by Crippen LogP contribution is -2.12. The first kappa shape index (κ1) is 12.8. The van der Waals surface area contributed by atoms with E-state index in [9.17, 15) is 0 Å². The van der Waals surface area contributed by atoms with Crippen LogP contribution in [0.3, 0.4) is 0 Å². The van der Waals surface area contributed by atoms with Gasteiger partial charge < -0.3 is 5.32 Å². The van der Waals surface area contributed by atoms with Crippen LogP contribution in [-0.4, -0.2) is 0 Å². The summed E-state index contributed by atoms with van der Waals surface area (Å²) in [6.07, 6.45) is 0. The van der Waals surface area contributed by atoms with Crippen LogP contribution in [0, 0.1) is 13.8 Å². The molecule has 1 nitrogen and oxygen atoms in total. The van der Waals surface area contributed by atoms with Gasteiger partial charge in [-0.15, -0.1) is 11.3 Å². The summed E-state index contributed by atoms with van der Waals surface area (Å²) in [4.78, 5) is 1.36. The van der Waals surface area contributed by atoms with Crippen LogP contribution in [0.25, 0.3) is 0 Å². The predicted octanol–water partition coefficient (Wildman–Crippen LogP) is 4.42. The van der Waals surface area contributed by atoms with Crippen molar-refractivity contribution in [3.05, 3.63) is 55.7 Å². The van der Waals surface area contributed by atoms with Crippen molar-refractivity contribution in [2.75, 3.05) is 0 Å². The first-order valence-corrected chi connectivity index (χ1v) is 7.27. The molecule has 0 saturated heterocycles. The van der Waals surface area contributed by atoms with Gasteiger partial charge in [0.25, 0.3) is 0 Å². The Morgan fingerprint density at radius 3 is 2.59 bits per heavy atom. The van der Waals surface area contributed by atoms with E-state index in [2.05, 4.69) is 65.4 Å². The summed E-state index contributed by atoms with van der Waals surface area (Å²) >= 11 is 5.26. The molecular weight excluding hydrogens is 294 g/mol. The zero-order valence-electron chi connectivity index (χ0n) is 10.1. The number of thiophene rings is 1. The Hall–Kier alpha value is -0.640. The quantitative estimate of drug-likeness (QED) is 0.881. The Labute approximate surface area is 115 Å². The molecule has 0 spiro atoms. The van der Waals surface area contributed by atoms with Gasteiger partial charge in [-0.3, -0.25) is 0 Å². The highest BCUT2D eigenvalue weighted by Crippen LogP contribution is 2.21. The van der Waals surface area contributed by atoms with Crippen LogP contribution < -0.4 is 5.32 Å². The third-order valence-electron chi connectivity index (χ3n) is 2.74. The van der Waals surface area contributed by atoms with E-state index in [0.717, 1.165) is 13.1 Å². The van der Waals surface area contributed by atoms with Gasteiger partial charge >= 0.3 is 0 Å². The summed E-state index contributed by atoms with van der Waals surface area (Å²) in [6, 6.07) is 10.9. The van der Waals surface area contributed by atoms with Gasteiger partial charge in [-0.25, -0.2) is 0 Å². The third-order valence-corrected chi connectivity index (χ3v) is 4.37. The molecule has 0 fully saturated rings. The van der Waals surface area contributed by atoms with Crippen LogP contribution in [0.2, 0.25) is 0 Å². The van der Waals surface area contributed by atoms with Crippen molar-refractivity contribution < 1.29 is 0 Å². The molecule has 0 amide bonds. The SMILES string of the molecule is Cc1ccc(CNCc2ccc(Br)s2)c(C)c1. The Bertz CT molecular complexity index is 505. The number of benzene rings is 1. The second kappa shape index (κ2) is 5.80. The number of aryl methyl sites for hydroxylation is 2. The molecule has 0 saturated carbocycles. The maximum Gasteiger partial charge on any atom is 0.0701 e. The minimum absolute atomic E-state index is 0.932. The van der Waals surface area contributed by atoms with Crippen molar-refractivity contribution in [1.82, 2.24) is 5.32 Å². The van der Waals surface area contributed by atoms with Gasteiger partial charge in [-0.1, -0.05) is 23.8 Å². The fourth-order valence-corrected chi connectivity index (χ4v) is 3.26. The number of hydrogen-bond donors (Lipinski definition) is 1. The summed E-state index contributed by atoms with van der Waals surface area (Å²) in [7, 11) is 0. The Morgan fingerprint density at radius 2 is 1.94 bits per heavy atom. The van der Waals surface area contributed by atoms with Crippen LogP contribution in [0.15, 0.2) is 34.1 Å². The van der Waals surface area contributed by atoms with Crippen LogP contribution >= 0.6 is 27.3 Å². The Morgan fingerprint density at radius 1 is 1.12 bits per heavy atom. The molecule has 1 aromatic heterocycles. The van der Waals surface area contributed by atoms with E-state index < -0.39 is 0 Å². The van der Waals surface area contributed by atoms with E-state index in [1.54, 1.807) is 11.3 Å². The molecule has 2 aromatic rings. The monoisotopic (exact) mass is 309 g/mol. The maximum atomic E-state index is 3.48. The van der Waals surface area contributed by atoms with E-state index in [4.69, 9.17) is 0 Å². The molecular formula is C14H16BrNS. The van der Waals surface area contributed by atoms with Crippen LogP contribution in [0.5, 0.6) is 0 Å². The van der Waals surface area contributed by atoms with Crippen molar-refractivity contribution in [3.63, 3.8) is 0 Å². The van der Waals surface area contributed by atoms with Crippen molar-refractivity contribution in [2.45, 2.75) is 26.9 Å². The van der Waals surface area contributed by atoms with Crippen LogP contribution in [-0.2, 0) is 13.1 Å². The zero-order chi connectivity index (χ0) is 12.3. The molecule has 0 radical (unpaired) electrons. The smallest absolute Gasteiger partial charge is 0.0701 e. The third kappa shape index (κ3) is 3.66. The van der Waals surface area contributed by atoms with E-state index >= 15 is 0 Å². The van der Waals surface area contributed by atoms with Gasteiger partial charge in [0.05, 0.1) is 3.79 Å². The molecule has 0 atom stereocenters. The summed E-state index contributed by atoms with van der Waals surface area (Å²) in [6.45, 7) is 6.17.